The van der Waals surface area contributed by atoms with Gasteiger partial charge in [0, 0.05) is 18.9 Å². The first-order chi connectivity index (χ1) is 16.4. The summed E-state index contributed by atoms with van der Waals surface area (Å²) >= 11 is 0. The Balaban J connectivity index is 1.80. The zero-order valence-electron chi connectivity index (χ0n) is 19.5. The van der Waals surface area contributed by atoms with E-state index < -0.39 is 11.9 Å². The largest absolute Gasteiger partial charge is 0.507 e. The number of carbonyl (C=O) groups is 3. The number of carbonyl (C=O) groups excluding carboxylic acids is 3. The maximum absolute atomic E-state index is 12.8. The molecule has 0 aromatic heterocycles. The van der Waals surface area contributed by atoms with Crippen molar-refractivity contribution in [1.29, 1.82) is 0 Å². The van der Waals surface area contributed by atoms with E-state index in [1.165, 1.54) is 13.2 Å². The molecule has 0 fully saturated rings. The van der Waals surface area contributed by atoms with Gasteiger partial charge in [0.2, 0.25) is 0 Å². The molecule has 34 heavy (non-hydrogen) atoms. The fourth-order valence-electron chi connectivity index (χ4n) is 3.72. The summed E-state index contributed by atoms with van der Waals surface area (Å²) in [5.41, 5.74) is 1.83. The van der Waals surface area contributed by atoms with Gasteiger partial charge in [-0.3, -0.25) is 4.79 Å². The van der Waals surface area contributed by atoms with Crippen molar-refractivity contribution in [1.82, 2.24) is 0 Å². The number of benzene rings is 2. The highest BCUT2D eigenvalue weighted by Gasteiger charge is 2.21. The van der Waals surface area contributed by atoms with Crippen molar-refractivity contribution < 1.29 is 33.7 Å². The zero-order chi connectivity index (χ0) is 24.5. The molecule has 7 heteroatoms. The lowest BCUT2D eigenvalue weighted by molar-refractivity contribution is -0.119. The summed E-state index contributed by atoms with van der Waals surface area (Å²) in [5, 5.41) is 10.6. The van der Waals surface area contributed by atoms with E-state index in [0.29, 0.717) is 49.0 Å². The highest BCUT2D eigenvalue weighted by atomic mass is 16.5. The lowest BCUT2D eigenvalue weighted by atomic mass is 10.0. The summed E-state index contributed by atoms with van der Waals surface area (Å²) in [6.45, 7) is 1.98. The van der Waals surface area contributed by atoms with Crippen LogP contribution in [0.4, 0.5) is 0 Å². The number of hydrogen-bond donors (Lipinski definition) is 1. The van der Waals surface area contributed by atoms with Crippen LogP contribution in [0.25, 0.3) is 6.08 Å². The standard InChI is InChI=1S/C27H30O7/c1-18-7-6-10-22(28)9-5-3-4-8-21-15-23(16-24(29)25(21)27(31)34-18)33-17-19-11-13-20(14-12-19)26(30)32-2/h4,8,11-16,18,29H,3,5-7,9-10,17H2,1-2H3/b8-4+/t18-/m1/s1. The van der Waals surface area contributed by atoms with Gasteiger partial charge in [0.05, 0.1) is 18.8 Å². The van der Waals surface area contributed by atoms with Gasteiger partial charge in [0.1, 0.15) is 29.5 Å². The van der Waals surface area contributed by atoms with Crippen molar-refractivity contribution in [2.24, 2.45) is 0 Å². The molecule has 0 aliphatic carbocycles. The minimum Gasteiger partial charge on any atom is -0.507 e. The molecule has 0 amide bonds. The molecule has 1 atom stereocenters. The van der Waals surface area contributed by atoms with Crippen molar-refractivity contribution in [3.63, 3.8) is 0 Å². The van der Waals surface area contributed by atoms with Crippen LogP contribution in [-0.4, -0.2) is 36.0 Å². The third kappa shape index (κ3) is 6.94. The maximum Gasteiger partial charge on any atom is 0.342 e. The van der Waals surface area contributed by atoms with Gasteiger partial charge in [-0.1, -0.05) is 24.3 Å². The van der Waals surface area contributed by atoms with E-state index in [4.69, 9.17) is 14.2 Å². The molecule has 0 bridgehead atoms. The Morgan fingerprint density at radius 3 is 2.59 bits per heavy atom. The number of ether oxygens (including phenoxy) is 3. The van der Waals surface area contributed by atoms with Crippen LogP contribution in [-0.2, 0) is 20.9 Å². The van der Waals surface area contributed by atoms with E-state index in [1.807, 2.05) is 6.08 Å². The molecule has 1 aliphatic heterocycles. The number of methoxy groups -OCH3 is 1. The number of phenolic OH excluding ortho intramolecular Hbond substituents is 1. The first kappa shape index (κ1) is 25.0. The fraction of sp³-hybridized carbons (Fsp3) is 0.370. The Hall–Kier alpha value is -3.61. The molecular formula is C27H30O7. The topological polar surface area (TPSA) is 99.1 Å². The normalized spacial score (nSPS) is 18.2. The molecule has 2 aromatic carbocycles. The van der Waals surface area contributed by atoms with E-state index in [1.54, 1.807) is 43.3 Å². The van der Waals surface area contributed by atoms with Gasteiger partial charge < -0.3 is 19.3 Å². The van der Waals surface area contributed by atoms with Crippen LogP contribution in [0.15, 0.2) is 42.5 Å². The molecule has 1 N–H and O–H groups in total. The molecule has 1 heterocycles. The zero-order valence-corrected chi connectivity index (χ0v) is 19.5. The summed E-state index contributed by atoms with van der Waals surface area (Å²) in [6, 6.07) is 9.88. The van der Waals surface area contributed by atoms with Crippen LogP contribution in [0.2, 0.25) is 0 Å². The summed E-state index contributed by atoms with van der Waals surface area (Å²) in [7, 11) is 1.33. The molecule has 0 saturated heterocycles. The molecule has 180 valence electrons. The van der Waals surface area contributed by atoms with Gasteiger partial charge >= 0.3 is 11.9 Å². The molecule has 1 aliphatic rings. The van der Waals surface area contributed by atoms with Gasteiger partial charge in [-0.2, -0.15) is 0 Å². The number of esters is 2. The number of allylic oxidation sites excluding steroid dienone is 1. The van der Waals surface area contributed by atoms with Gasteiger partial charge in [-0.15, -0.1) is 0 Å². The van der Waals surface area contributed by atoms with Gasteiger partial charge in [-0.05, 0) is 61.9 Å². The number of fused-ring (bicyclic) bond motifs is 1. The molecule has 3 rings (SSSR count). The second-order valence-corrected chi connectivity index (χ2v) is 8.33. The molecule has 7 nitrogen and oxygen atoms in total. The lowest BCUT2D eigenvalue weighted by Gasteiger charge is -2.16. The van der Waals surface area contributed by atoms with Crippen molar-refractivity contribution in [3.8, 4) is 11.5 Å². The summed E-state index contributed by atoms with van der Waals surface area (Å²) in [5.74, 6) is -0.649. The number of cyclic esters (lactones) is 1. The van der Waals surface area contributed by atoms with Crippen LogP contribution in [0, 0.1) is 0 Å². The number of rotatable bonds is 4. The van der Waals surface area contributed by atoms with Crippen molar-refractivity contribution in [3.05, 3.63) is 64.7 Å². The SMILES string of the molecule is COC(=O)c1ccc(COc2cc(O)c3c(c2)/C=C/CCCC(=O)CCC[C@@H](C)OC3=O)cc1. The van der Waals surface area contributed by atoms with E-state index in [0.717, 1.165) is 12.0 Å². The van der Waals surface area contributed by atoms with Crippen molar-refractivity contribution in [2.45, 2.75) is 58.2 Å². The number of phenols is 1. The van der Waals surface area contributed by atoms with Crippen LogP contribution >= 0.6 is 0 Å². The van der Waals surface area contributed by atoms with Crippen LogP contribution < -0.4 is 4.74 Å². The number of aromatic hydroxyl groups is 1. The smallest absolute Gasteiger partial charge is 0.342 e. The van der Waals surface area contributed by atoms with E-state index in [2.05, 4.69) is 0 Å². The molecule has 0 unspecified atom stereocenters. The van der Waals surface area contributed by atoms with E-state index >= 15 is 0 Å². The monoisotopic (exact) mass is 466 g/mol. The van der Waals surface area contributed by atoms with Gasteiger partial charge in [0.15, 0.2) is 0 Å². The van der Waals surface area contributed by atoms with Crippen LogP contribution in [0.3, 0.4) is 0 Å². The maximum atomic E-state index is 12.8. The predicted molar refractivity (Wildman–Crippen MR) is 127 cm³/mol. The average molecular weight is 467 g/mol. The minimum atomic E-state index is -0.613. The molecule has 0 radical (unpaired) electrons. The third-order valence-corrected chi connectivity index (χ3v) is 5.60. The first-order valence-electron chi connectivity index (χ1n) is 11.4. The fourth-order valence-corrected chi connectivity index (χ4v) is 3.72. The van der Waals surface area contributed by atoms with Crippen molar-refractivity contribution in [2.75, 3.05) is 7.11 Å². The molecule has 2 aromatic rings. The van der Waals surface area contributed by atoms with E-state index in [9.17, 15) is 19.5 Å². The highest BCUT2D eigenvalue weighted by Crippen LogP contribution is 2.31. The second kappa shape index (κ2) is 12.0. The lowest BCUT2D eigenvalue weighted by Crippen LogP contribution is -2.17. The number of Topliss-reactive ketones (excluding diaryl/α,β-unsaturated/α-hetero) is 1. The Bertz CT molecular complexity index is 1050. The molecule has 0 saturated carbocycles. The van der Waals surface area contributed by atoms with Gasteiger partial charge in [-0.25, -0.2) is 9.59 Å². The molecular weight excluding hydrogens is 436 g/mol. The van der Waals surface area contributed by atoms with Crippen LogP contribution in [0.5, 0.6) is 11.5 Å². The summed E-state index contributed by atoms with van der Waals surface area (Å²) in [6.07, 6.45) is 6.91. The Morgan fingerprint density at radius 1 is 1.12 bits per heavy atom. The number of ketones is 1. The Kier molecular flexibility index (Phi) is 8.85. The van der Waals surface area contributed by atoms with Crippen LogP contribution in [0.1, 0.15) is 77.3 Å². The predicted octanol–water partition coefficient (Wildman–Crippen LogP) is 5.24. The minimum absolute atomic E-state index is 0.0889. The Morgan fingerprint density at radius 2 is 1.85 bits per heavy atom. The summed E-state index contributed by atoms with van der Waals surface area (Å²) in [4.78, 5) is 36.3. The quantitative estimate of drug-likeness (QED) is 0.615. The van der Waals surface area contributed by atoms with E-state index in [-0.39, 0.29) is 29.8 Å². The van der Waals surface area contributed by atoms with Gasteiger partial charge in [0.25, 0.3) is 0 Å². The summed E-state index contributed by atoms with van der Waals surface area (Å²) < 4.78 is 16.1. The first-order valence-corrected chi connectivity index (χ1v) is 11.4. The highest BCUT2D eigenvalue weighted by molar-refractivity contribution is 5.97. The molecule has 0 spiro atoms. The second-order valence-electron chi connectivity index (χ2n) is 8.33. The van der Waals surface area contributed by atoms with Crippen molar-refractivity contribution >= 4 is 23.8 Å². The average Bonchev–Trinajstić information content (AvgIpc) is 2.81. The number of hydrogen-bond acceptors (Lipinski definition) is 7. The third-order valence-electron chi connectivity index (χ3n) is 5.60. The Labute approximate surface area is 199 Å².